The first-order valence-electron chi connectivity index (χ1n) is 6.11. The lowest BCUT2D eigenvalue weighted by molar-refractivity contribution is 0.126. The molecule has 0 heterocycles. The van der Waals surface area contributed by atoms with Crippen molar-refractivity contribution in [1.29, 1.82) is 0 Å². The number of hydrogen-bond donors (Lipinski definition) is 1. The summed E-state index contributed by atoms with van der Waals surface area (Å²) in [7, 11) is 2.14. The Labute approximate surface area is 101 Å². The number of aliphatic hydroxyl groups is 1. The quantitative estimate of drug-likeness (QED) is 0.777. The van der Waals surface area contributed by atoms with Gasteiger partial charge in [0, 0.05) is 18.4 Å². The fourth-order valence-corrected chi connectivity index (χ4v) is 3.69. The van der Waals surface area contributed by atoms with Gasteiger partial charge in [0.2, 0.25) is 0 Å². The summed E-state index contributed by atoms with van der Waals surface area (Å²) in [5, 5.41) is 10.2. The molecular formula is C12H22BrNO. The van der Waals surface area contributed by atoms with Gasteiger partial charge in [0.05, 0.1) is 6.10 Å². The molecule has 0 saturated heterocycles. The largest absolute Gasteiger partial charge is 0.391 e. The van der Waals surface area contributed by atoms with E-state index in [9.17, 15) is 5.11 Å². The normalized spacial score (nSPS) is 36.4. The van der Waals surface area contributed by atoms with Crippen molar-refractivity contribution in [2.75, 3.05) is 25.5 Å². The summed E-state index contributed by atoms with van der Waals surface area (Å²) in [5.74, 6) is 2.95. The van der Waals surface area contributed by atoms with Crippen molar-refractivity contribution in [1.82, 2.24) is 4.90 Å². The van der Waals surface area contributed by atoms with Gasteiger partial charge < -0.3 is 10.0 Å². The summed E-state index contributed by atoms with van der Waals surface area (Å²) in [5.41, 5.74) is 0. The van der Waals surface area contributed by atoms with Gasteiger partial charge in [-0.1, -0.05) is 22.4 Å². The van der Waals surface area contributed by atoms with Gasteiger partial charge in [0.15, 0.2) is 0 Å². The van der Waals surface area contributed by atoms with Gasteiger partial charge in [-0.2, -0.15) is 0 Å². The lowest BCUT2D eigenvalue weighted by Crippen LogP contribution is -2.35. The average molecular weight is 276 g/mol. The summed E-state index contributed by atoms with van der Waals surface area (Å²) < 4.78 is 0. The fraction of sp³-hybridized carbons (Fsp3) is 1.00. The number of aliphatic hydroxyl groups excluding tert-OH is 1. The predicted molar refractivity (Wildman–Crippen MR) is 66.2 cm³/mol. The van der Waals surface area contributed by atoms with Gasteiger partial charge in [-0.25, -0.2) is 0 Å². The molecule has 2 nitrogen and oxygen atoms in total. The first kappa shape index (κ1) is 11.9. The topological polar surface area (TPSA) is 23.5 Å². The fourth-order valence-electron chi connectivity index (χ4n) is 3.48. The third-order valence-electron chi connectivity index (χ3n) is 4.13. The number of rotatable bonds is 5. The molecule has 2 aliphatic rings. The van der Waals surface area contributed by atoms with Gasteiger partial charge in [-0.15, -0.1) is 0 Å². The first-order chi connectivity index (χ1) is 7.19. The van der Waals surface area contributed by atoms with Crippen LogP contribution < -0.4 is 0 Å². The van der Waals surface area contributed by atoms with Gasteiger partial charge in [0.25, 0.3) is 0 Å². The molecule has 0 aromatic rings. The summed E-state index contributed by atoms with van der Waals surface area (Å²) in [4.78, 5) is 2.30. The Balaban J connectivity index is 1.72. The maximum Gasteiger partial charge on any atom is 0.0763 e. The first-order valence-corrected chi connectivity index (χ1v) is 7.23. The molecule has 2 saturated carbocycles. The second-order valence-electron chi connectivity index (χ2n) is 5.46. The average Bonchev–Trinajstić information content (AvgIpc) is 2.78. The van der Waals surface area contributed by atoms with E-state index in [1.807, 2.05) is 0 Å². The molecule has 0 aromatic heterocycles. The molecule has 0 aliphatic heterocycles. The minimum atomic E-state index is -0.214. The molecule has 1 N–H and O–H groups in total. The van der Waals surface area contributed by atoms with E-state index in [4.69, 9.17) is 0 Å². The van der Waals surface area contributed by atoms with Crippen LogP contribution in [0.5, 0.6) is 0 Å². The highest BCUT2D eigenvalue weighted by molar-refractivity contribution is 9.09. The zero-order valence-electron chi connectivity index (χ0n) is 9.53. The highest BCUT2D eigenvalue weighted by Gasteiger charge is 2.39. The highest BCUT2D eigenvalue weighted by atomic mass is 79.9. The summed E-state index contributed by atoms with van der Waals surface area (Å²) in [6.45, 7) is 1.99. The molecule has 4 atom stereocenters. The van der Waals surface area contributed by atoms with Crippen molar-refractivity contribution in [3.05, 3.63) is 0 Å². The van der Waals surface area contributed by atoms with E-state index in [2.05, 4.69) is 27.9 Å². The number of nitrogens with zero attached hydrogens (tertiary/aromatic N) is 1. The van der Waals surface area contributed by atoms with Gasteiger partial charge in [0.1, 0.15) is 0 Å². The lowest BCUT2D eigenvalue weighted by Gasteiger charge is -2.28. The number of likely N-dealkylation sites (N-methyl/N-ethyl adjacent to an activating group) is 1. The Bertz CT molecular complexity index is 212. The molecule has 3 heteroatoms. The van der Waals surface area contributed by atoms with E-state index >= 15 is 0 Å². The third kappa shape index (κ3) is 2.95. The maximum atomic E-state index is 9.55. The van der Waals surface area contributed by atoms with E-state index in [0.29, 0.717) is 5.33 Å². The highest BCUT2D eigenvalue weighted by Crippen LogP contribution is 2.48. The molecule has 0 spiro atoms. The second kappa shape index (κ2) is 5.15. The van der Waals surface area contributed by atoms with Gasteiger partial charge in [-0.05, 0) is 44.1 Å². The van der Waals surface area contributed by atoms with Crippen LogP contribution in [-0.4, -0.2) is 41.6 Å². The van der Waals surface area contributed by atoms with Crippen molar-refractivity contribution in [2.45, 2.75) is 31.8 Å². The monoisotopic (exact) mass is 275 g/mol. The Morgan fingerprint density at radius 2 is 2.20 bits per heavy atom. The van der Waals surface area contributed by atoms with E-state index < -0.39 is 0 Å². The molecule has 0 aromatic carbocycles. The molecule has 88 valence electrons. The lowest BCUT2D eigenvalue weighted by atomic mass is 9.88. The summed E-state index contributed by atoms with van der Waals surface area (Å²) in [6.07, 6.45) is 5.66. The van der Waals surface area contributed by atoms with Crippen LogP contribution in [0.25, 0.3) is 0 Å². The van der Waals surface area contributed by atoms with Gasteiger partial charge >= 0.3 is 0 Å². The van der Waals surface area contributed by atoms with Crippen LogP contribution in [0.15, 0.2) is 0 Å². The van der Waals surface area contributed by atoms with Crippen LogP contribution >= 0.6 is 15.9 Å². The maximum absolute atomic E-state index is 9.55. The molecule has 2 fully saturated rings. The van der Waals surface area contributed by atoms with Crippen molar-refractivity contribution in [3.8, 4) is 0 Å². The van der Waals surface area contributed by atoms with E-state index in [1.165, 1.54) is 32.2 Å². The van der Waals surface area contributed by atoms with Crippen molar-refractivity contribution in [2.24, 2.45) is 17.8 Å². The summed E-state index contributed by atoms with van der Waals surface area (Å²) >= 11 is 3.31. The molecule has 2 rings (SSSR count). The summed E-state index contributed by atoms with van der Waals surface area (Å²) in [6, 6.07) is 0. The third-order valence-corrected chi connectivity index (χ3v) is 4.88. The number of fused-ring (bicyclic) bond motifs is 2. The van der Waals surface area contributed by atoms with Crippen molar-refractivity contribution < 1.29 is 5.11 Å². The molecule has 4 unspecified atom stereocenters. The van der Waals surface area contributed by atoms with Gasteiger partial charge in [-0.3, -0.25) is 0 Å². The van der Waals surface area contributed by atoms with Crippen LogP contribution in [0.1, 0.15) is 25.7 Å². The molecule has 15 heavy (non-hydrogen) atoms. The number of alkyl halides is 1. The minimum absolute atomic E-state index is 0.214. The van der Waals surface area contributed by atoms with E-state index in [-0.39, 0.29) is 6.10 Å². The van der Waals surface area contributed by atoms with Crippen LogP contribution in [0.3, 0.4) is 0 Å². The van der Waals surface area contributed by atoms with Crippen molar-refractivity contribution in [3.63, 3.8) is 0 Å². The van der Waals surface area contributed by atoms with Crippen molar-refractivity contribution >= 4 is 15.9 Å². The Hall–Kier alpha value is 0.400. The zero-order valence-corrected chi connectivity index (χ0v) is 11.1. The molecule has 0 radical (unpaired) electrons. The molecule has 2 bridgehead atoms. The molecular weight excluding hydrogens is 254 g/mol. The van der Waals surface area contributed by atoms with Crippen LogP contribution in [-0.2, 0) is 0 Å². The molecule has 2 aliphatic carbocycles. The predicted octanol–water partition coefficient (Wildman–Crippen LogP) is 2.11. The molecule has 0 amide bonds. The number of halogens is 1. The Morgan fingerprint density at radius 3 is 2.73 bits per heavy atom. The van der Waals surface area contributed by atoms with Crippen LogP contribution in [0, 0.1) is 17.8 Å². The van der Waals surface area contributed by atoms with Crippen LogP contribution in [0.4, 0.5) is 0 Å². The Kier molecular flexibility index (Phi) is 4.08. The smallest absolute Gasteiger partial charge is 0.0763 e. The minimum Gasteiger partial charge on any atom is -0.391 e. The second-order valence-corrected chi connectivity index (χ2v) is 6.11. The standard InChI is InChI=1S/C12H22BrNO/c1-14(8-12(15)6-13)7-11-5-9-2-3-10(11)4-9/h9-12,15H,2-8H2,1H3. The zero-order chi connectivity index (χ0) is 10.8. The van der Waals surface area contributed by atoms with Crippen LogP contribution in [0.2, 0.25) is 0 Å². The SMILES string of the molecule is CN(CC(O)CBr)CC1CC2CCC1C2. The van der Waals surface area contributed by atoms with E-state index in [0.717, 1.165) is 24.3 Å². The van der Waals surface area contributed by atoms with E-state index in [1.54, 1.807) is 0 Å². The number of hydrogen-bond acceptors (Lipinski definition) is 2. The Morgan fingerprint density at radius 1 is 1.40 bits per heavy atom.